The van der Waals surface area contributed by atoms with Crippen LogP contribution in [0.3, 0.4) is 0 Å². The molecule has 0 radical (unpaired) electrons. The standard InChI is InChI=1S/C14H12N2O2/c1-18-13-6-5-9(7-15-13)10-3-2-4-11-12(10)8-16-14(11)17/h2-7H,8H2,1H3,(H,16,17). The number of pyridine rings is 1. The van der Waals surface area contributed by atoms with Crippen molar-refractivity contribution in [2.24, 2.45) is 0 Å². The zero-order valence-electron chi connectivity index (χ0n) is 9.93. The molecule has 0 saturated carbocycles. The SMILES string of the molecule is COc1ccc(-c2cccc3c2CNC3=O)cn1. The van der Waals surface area contributed by atoms with Crippen LogP contribution in [0.25, 0.3) is 11.1 Å². The summed E-state index contributed by atoms with van der Waals surface area (Å²) in [6.45, 7) is 0.580. The van der Waals surface area contributed by atoms with Gasteiger partial charge in [-0.1, -0.05) is 12.1 Å². The molecule has 3 rings (SSSR count). The van der Waals surface area contributed by atoms with E-state index in [9.17, 15) is 4.79 Å². The van der Waals surface area contributed by atoms with Crippen LogP contribution in [-0.4, -0.2) is 18.0 Å². The van der Waals surface area contributed by atoms with Crippen LogP contribution >= 0.6 is 0 Å². The van der Waals surface area contributed by atoms with Crippen molar-refractivity contribution in [1.29, 1.82) is 0 Å². The van der Waals surface area contributed by atoms with E-state index in [1.165, 1.54) is 0 Å². The second-order valence-corrected chi connectivity index (χ2v) is 4.10. The summed E-state index contributed by atoms with van der Waals surface area (Å²) in [6, 6.07) is 9.51. The van der Waals surface area contributed by atoms with E-state index in [2.05, 4.69) is 10.3 Å². The Labute approximate surface area is 105 Å². The first-order valence-corrected chi connectivity index (χ1v) is 5.70. The first-order chi connectivity index (χ1) is 8.79. The molecule has 90 valence electrons. The van der Waals surface area contributed by atoms with Crippen molar-refractivity contribution in [1.82, 2.24) is 10.3 Å². The summed E-state index contributed by atoms with van der Waals surface area (Å²) in [5.74, 6) is 0.578. The van der Waals surface area contributed by atoms with Gasteiger partial charge in [0.15, 0.2) is 0 Å². The lowest BCUT2D eigenvalue weighted by atomic mass is 9.98. The van der Waals surface area contributed by atoms with Crippen molar-refractivity contribution in [2.75, 3.05) is 7.11 Å². The summed E-state index contributed by atoms with van der Waals surface area (Å²) in [5, 5.41) is 2.83. The summed E-state index contributed by atoms with van der Waals surface area (Å²) in [6.07, 6.45) is 1.76. The average Bonchev–Trinajstić information content (AvgIpc) is 2.81. The van der Waals surface area contributed by atoms with Crippen molar-refractivity contribution in [3.05, 3.63) is 47.7 Å². The molecule has 2 aromatic rings. The molecule has 0 saturated heterocycles. The fraction of sp³-hybridized carbons (Fsp3) is 0.143. The van der Waals surface area contributed by atoms with Gasteiger partial charge in [-0.25, -0.2) is 4.98 Å². The van der Waals surface area contributed by atoms with Crippen LogP contribution < -0.4 is 10.1 Å². The smallest absolute Gasteiger partial charge is 0.251 e. The normalized spacial score (nSPS) is 13.1. The Morgan fingerprint density at radius 1 is 1.22 bits per heavy atom. The molecule has 0 bridgehead atoms. The number of carbonyl (C=O) groups excluding carboxylic acids is 1. The van der Waals surface area contributed by atoms with Crippen LogP contribution in [0.5, 0.6) is 5.88 Å². The van der Waals surface area contributed by atoms with E-state index < -0.39 is 0 Å². The number of hydrogen-bond donors (Lipinski definition) is 1. The fourth-order valence-corrected chi connectivity index (χ4v) is 2.18. The second-order valence-electron chi connectivity index (χ2n) is 4.10. The Hall–Kier alpha value is -2.36. The molecule has 1 aromatic carbocycles. The largest absolute Gasteiger partial charge is 0.481 e. The van der Waals surface area contributed by atoms with Gasteiger partial charge in [-0.2, -0.15) is 0 Å². The molecule has 1 amide bonds. The van der Waals surface area contributed by atoms with Gasteiger partial charge in [-0.3, -0.25) is 4.79 Å². The molecule has 0 unspecified atom stereocenters. The molecule has 1 aliphatic rings. The van der Waals surface area contributed by atoms with E-state index >= 15 is 0 Å². The maximum atomic E-state index is 11.6. The lowest BCUT2D eigenvalue weighted by Crippen LogP contribution is -2.12. The zero-order valence-corrected chi connectivity index (χ0v) is 9.93. The monoisotopic (exact) mass is 240 g/mol. The summed E-state index contributed by atoms with van der Waals surface area (Å²) in [4.78, 5) is 15.8. The summed E-state index contributed by atoms with van der Waals surface area (Å²) in [5.41, 5.74) is 3.82. The van der Waals surface area contributed by atoms with E-state index in [4.69, 9.17) is 4.74 Å². The quantitative estimate of drug-likeness (QED) is 0.873. The molecule has 0 atom stereocenters. The third-order valence-electron chi connectivity index (χ3n) is 3.10. The van der Waals surface area contributed by atoms with Crippen LogP contribution in [-0.2, 0) is 6.54 Å². The topological polar surface area (TPSA) is 51.2 Å². The van der Waals surface area contributed by atoms with Gasteiger partial charge in [0, 0.05) is 29.9 Å². The predicted octanol–water partition coefficient (Wildman–Crippen LogP) is 2.00. The van der Waals surface area contributed by atoms with Gasteiger partial charge >= 0.3 is 0 Å². The van der Waals surface area contributed by atoms with Gasteiger partial charge in [0.2, 0.25) is 5.88 Å². The molecular weight excluding hydrogens is 228 g/mol. The first-order valence-electron chi connectivity index (χ1n) is 5.70. The Morgan fingerprint density at radius 3 is 2.78 bits per heavy atom. The van der Waals surface area contributed by atoms with Crippen molar-refractivity contribution in [3.63, 3.8) is 0 Å². The van der Waals surface area contributed by atoms with Gasteiger partial charge in [0.1, 0.15) is 0 Å². The number of fused-ring (bicyclic) bond motifs is 1. The number of aromatic nitrogens is 1. The Balaban J connectivity index is 2.09. The molecule has 4 heteroatoms. The molecule has 0 fully saturated rings. The molecule has 2 heterocycles. The second kappa shape index (κ2) is 4.14. The lowest BCUT2D eigenvalue weighted by molar-refractivity contribution is 0.0966. The Bertz CT molecular complexity index is 606. The number of carbonyl (C=O) groups is 1. The van der Waals surface area contributed by atoms with Gasteiger partial charge in [-0.05, 0) is 23.3 Å². The summed E-state index contributed by atoms with van der Waals surface area (Å²) >= 11 is 0. The van der Waals surface area contributed by atoms with Gasteiger partial charge in [-0.15, -0.1) is 0 Å². The number of nitrogens with zero attached hydrogens (tertiary/aromatic N) is 1. The minimum Gasteiger partial charge on any atom is -0.481 e. The molecule has 0 aliphatic carbocycles. The minimum absolute atomic E-state index is 0.00618. The van der Waals surface area contributed by atoms with Crippen LogP contribution in [0.4, 0.5) is 0 Å². The van der Waals surface area contributed by atoms with Gasteiger partial charge in [0.05, 0.1) is 7.11 Å². The highest BCUT2D eigenvalue weighted by Crippen LogP contribution is 2.29. The molecule has 0 spiro atoms. The van der Waals surface area contributed by atoms with E-state index in [1.807, 2.05) is 30.3 Å². The average molecular weight is 240 g/mol. The number of methoxy groups -OCH3 is 1. The van der Waals surface area contributed by atoms with Gasteiger partial charge in [0.25, 0.3) is 5.91 Å². The predicted molar refractivity (Wildman–Crippen MR) is 67.4 cm³/mol. The van der Waals surface area contributed by atoms with E-state index in [1.54, 1.807) is 13.3 Å². The molecule has 4 nitrogen and oxygen atoms in total. The zero-order chi connectivity index (χ0) is 12.5. The Morgan fingerprint density at radius 2 is 2.06 bits per heavy atom. The van der Waals surface area contributed by atoms with E-state index in [-0.39, 0.29) is 5.91 Å². The maximum Gasteiger partial charge on any atom is 0.251 e. The highest BCUT2D eigenvalue weighted by atomic mass is 16.5. The third kappa shape index (κ3) is 1.62. The number of rotatable bonds is 2. The third-order valence-corrected chi connectivity index (χ3v) is 3.10. The van der Waals surface area contributed by atoms with Crippen LogP contribution in [0.15, 0.2) is 36.5 Å². The van der Waals surface area contributed by atoms with Crippen molar-refractivity contribution in [3.8, 4) is 17.0 Å². The van der Waals surface area contributed by atoms with Crippen LogP contribution in [0.2, 0.25) is 0 Å². The highest BCUT2D eigenvalue weighted by Gasteiger charge is 2.21. The number of amides is 1. The number of ether oxygens (including phenoxy) is 1. The number of benzene rings is 1. The van der Waals surface area contributed by atoms with E-state index in [0.717, 1.165) is 22.3 Å². The van der Waals surface area contributed by atoms with Crippen LogP contribution in [0, 0.1) is 0 Å². The Kier molecular flexibility index (Phi) is 2.48. The lowest BCUT2D eigenvalue weighted by Gasteiger charge is -2.07. The number of hydrogen-bond acceptors (Lipinski definition) is 3. The molecule has 1 aliphatic heterocycles. The van der Waals surface area contributed by atoms with E-state index in [0.29, 0.717) is 12.4 Å². The minimum atomic E-state index is -0.00618. The fourth-order valence-electron chi connectivity index (χ4n) is 2.18. The number of nitrogens with one attached hydrogen (secondary N) is 1. The molecular formula is C14H12N2O2. The van der Waals surface area contributed by atoms with Crippen LogP contribution in [0.1, 0.15) is 15.9 Å². The molecule has 18 heavy (non-hydrogen) atoms. The highest BCUT2D eigenvalue weighted by molar-refractivity contribution is 6.00. The summed E-state index contributed by atoms with van der Waals surface area (Å²) < 4.78 is 5.04. The van der Waals surface area contributed by atoms with Crippen molar-refractivity contribution >= 4 is 5.91 Å². The van der Waals surface area contributed by atoms with Crippen molar-refractivity contribution in [2.45, 2.75) is 6.54 Å². The van der Waals surface area contributed by atoms with Crippen molar-refractivity contribution < 1.29 is 9.53 Å². The first kappa shape index (κ1) is 10.8. The maximum absolute atomic E-state index is 11.6. The van der Waals surface area contributed by atoms with Gasteiger partial charge < -0.3 is 10.1 Å². The molecule has 1 aromatic heterocycles. The summed E-state index contributed by atoms with van der Waals surface area (Å²) in [7, 11) is 1.59. The molecule has 1 N–H and O–H groups in total.